The SMILES string of the molecule is CCC(NCCCCN(C)C)c1cccc(Cl)c1. The zero-order chi connectivity index (χ0) is 13.4. The van der Waals surface area contributed by atoms with Gasteiger partial charge in [0.25, 0.3) is 0 Å². The molecule has 0 bridgehead atoms. The molecule has 1 atom stereocenters. The highest BCUT2D eigenvalue weighted by Gasteiger charge is 2.08. The summed E-state index contributed by atoms with van der Waals surface area (Å²) in [6, 6.07) is 8.57. The number of nitrogens with one attached hydrogen (secondary N) is 1. The van der Waals surface area contributed by atoms with E-state index in [1.807, 2.05) is 12.1 Å². The molecule has 0 saturated carbocycles. The molecule has 1 N–H and O–H groups in total. The number of halogens is 1. The Labute approximate surface area is 116 Å². The summed E-state index contributed by atoms with van der Waals surface area (Å²) in [5.74, 6) is 0. The third-order valence-electron chi connectivity index (χ3n) is 3.08. The molecule has 0 aromatic heterocycles. The van der Waals surface area contributed by atoms with Crippen LogP contribution in [0.4, 0.5) is 0 Å². The molecule has 0 amide bonds. The fourth-order valence-corrected chi connectivity index (χ4v) is 2.25. The van der Waals surface area contributed by atoms with Crippen LogP contribution < -0.4 is 5.32 Å². The molecular weight excluding hydrogens is 244 g/mol. The molecule has 0 heterocycles. The maximum absolute atomic E-state index is 6.03. The van der Waals surface area contributed by atoms with Crippen LogP contribution in [0.3, 0.4) is 0 Å². The van der Waals surface area contributed by atoms with Crippen LogP contribution in [0.1, 0.15) is 37.8 Å². The molecule has 0 radical (unpaired) electrons. The van der Waals surface area contributed by atoms with Crippen molar-refractivity contribution in [2.75, 3.05) is 27.2 Å². The van der Waals surface area contributed by atoms with E-state index in [0.717, 1.165) is 24.5 Å². The Bertz CT molecular complexity index is 339. The second-order valence-corrected chi connectivity index (χ2v) is 5.42. The molecule has 0 spiro atoms. The number of rotatable bonds is 8. The quantitative estimate of drug-likeness (QED) is 0.723. The monoisotopic (exact) mass is 268 g/mol. The molecule has 1 unspecified atom stereocenters. The smallest absolute Gasteiger partial charge is 0.0409 e. The van der Waals surface area contributed by atoms with Gasteiger partial charge in [-0.15, -0.1) is 0 Å². The molecule has 0 saturated heterocycles. The van der Waals surface area contributed by atoms with Gasteiger partial charge in [0.05, 0.1) is 0 Å². The molecule has 0 aliphatic heterocycles. The highest BCUT2D eigenvalue weighted by Crippen LogP contribution is 2.20. The standard InChI is InChI=1S/C15H25ClN2/c1-4-15(13-8-7-9-14(16)12-13)17-10-5-6-11-18(2)3/h7-9,12,15,17H,4-6,10-11H2,1-3H3. The van der Waals surface area contributed by atoms with Crippen LogP contribution in [-0.2, 0) is 0 Å². The molecule has 0 aliphatic carbocycles. The predicted octanol–water partition coefficient (Wildman–Crippen LogP) is 3.72. The van der Waals surface area contributed by atoms with Crippen molar-refractivity contribution in [1.82, 2.24) is 10.2 Å². The van der Waals surface area contributed by atoms with Gasteiger partial charge in [-0.1, -0.05) is 30.7 Å². The van der Waals surface area contributed by atoms with Crippen molar-refractivity contribution in [3.63, 3.8) is 0 Å². The van der Waals surface area contributed by atoms with Gasteiger partial charge in [0.2, 0.25) is 0 Å². The summed E-state index contributed by atoms with van der Waals surface area (Å²) >= 11 is 6.03. The highest BCUT2D eigenvalue weighted by molar-refractivity contribution is 6.30. The van der Waals surface area contributed by atoms with Gasteiger partial charge in [-0.25, -0.2) is 0 Å². The minimum Gasteiger partial charge on any atom is -0.310 e. The van der Waals surface area contributed by atoms with Crippen molar-refractivity contribution in [2.24, 2.45) is 0 Å². The fraction of sp³-hybridized carbons (Fsp3) is 0.600. The van der Waals surface area contributed by atoms with Gasteiger partial charge in [0, 0.05) is 11.1 Å². The minimum absolute atomic E-state index is 0.419. The summed E-state index contributed by atoms with van der Waals surface area (Å²) in [6.45, 7) is 4.44. The first-order valence-corrected chi connectivity index (χ1v) is 7.15. The van der Waals surface area contributed by atoms with Crippen molar-refractivity contribution in [3.8, 4) is 0 Å². The van der Waals surface area contributed by atoms with E-state index in [0.29, 0.717) is 6.04 Å². The zero-order valence-corrected chi connectivity index (χ0v) is 12.5. The van der Waals surface area contributed by atoms with Crippen molar-refractivity contribution < 1.29 is 0 Å². The Hall–Kier alpha value is -0.570. The van der Waals surface area contributed by atoms with Crippen LogP contribution in [0.2, 0.25) is 5.02 Å². The lowest BCUT2D eigenvalue weighted by Crippen LogP contribution is -2.23. The molecule has 0 aliphatic rings. The van der Waals surface area contributed by atoms with E-state index in [-0.39, 0.29) is 0 Å². The summed E-state index contributed by atoms with van der Waals surface area (Å²) in [6.07, 6.45) is 3.55. The number of nitrogens with zero attached hydrogens (tertiary/aromatic N) is 1. The summed E-state index contributed by atoms with van der Waals surface area (Å²) in [7, 11) is 4.24. The second-order valence-electron chi connectivity index (χ2n) is 4.98. The van der Waals surface area contributed by atoms with Crippen molar-refractivity contribution in [3.05, 3.63) is 34.9 Å². The lowest BCUT2D eigenvalue weighted by atomic mass is 10.0. The van der Waals surface area contributed by atoms with Crippen LogP contribution >= 0.6 is 11.6 Å². The van der Waals surface area contributed by atoms with Crippen molar-refractivity contribution in [2.45, 2.75) is 32.2 Å². The Morgan fingerprint density at radius 1 is 1.28 bits per heavy atom. The molecule has 3 heteroatoms. The van der Waals surface area contributed by atoms with E-state index in [2.05, 4.69) is 43.4 Å². The average Bonchev–Trinajstić information content (AvgIpc) is 2.33. The molecule has 102 valence electrons. The molecule has 1 aromatic carbocycles. The normalized spacial score (nSPS) is 12.9. The van der Waals surface area contributed by atoms with E-state index >= 15 is 0 Å². The lowest BCUT2D eigenvalue weighted by Gasteiger charge is -2.18. The number of hydrogen-bond acceptors (Lipinski definition) is 2. The van der Waals surface area contributed by atoms with Gasteiger partial charge >= 0.3 is 0 Å². The molecule has 1 rings (SSSR count). The summed E-state index contributed by atoms with van der Waals surface area (Å²) in [5.41, 5.74) is 1.29. The number of hydrogen-bond donors (Lipinski definition) is 1. The first-order chi connectivity index (χ1) is 8.63. The van der Waals surface area contributed by atoms with Crippen LogP contribution in [0.15, 0.2) is 24.3 Å². The third-order valence-corrected chi connectivity index (χ3v) is 3.32. The van der Waals surface area contributed by atoms with Crippen LogP contribution in [0, 0.1) is 0 Å². The van der Waals surface area contributed by atoms with Crippen molar-refractivity contribution in [1.29, 1.82) is 0 Å². The zero-order valence-electron chi connectivity index (χ0n) is 11.7. The topological polar surface area (TPSA) is 15.3 Å². The first kappa shape index (κ1) is 15.5. The Morgan fingerprint density at radius 2 is 2.06 bits per heavy atom. The predicted molar refractivity (Wildman–Crippen MR) is 80.3 cm³/mol. The van der Waals surface area contributed by atoms with Crippen LogP contribution in [-0.4, -0.2) is 32.1 Å². The largest absolute Gasteiger partial charge is 0.310 e. The van der Waals surface area contributed by atoms with Gasteiger partial charge in [0.15, 0.2) is 0 Å². The Kier molecular flexibility index (Phi) is 7.33. The fourth-order valence-electron chi connectivity index (χ4n) is 2.05. The molecule has 1 aromatic rings. The molecule has 18 heavy (non-hydrogen) atoms. The van der Waals surface area contributed by atoms with Crippen LogP contribution in [0.25, 0.3) is 0 Å². The summed E-state index contributed by atoms with van der Waals surface area (Å²) < 4.78 is 0. The van der Waals surface area contributed by atoms with E-state index in [4.69, 9.17) is 11.6 Å². The Morgan fingerprint density at radius 3 is 2.67 bits per heavy atom. The molecule has 2 nitrogen and oxygen atoms in total. The van der Waals surface area contributed by atoms with Gasteiger partial charge in [-0.2, -0.15) is 0 Å². The van der Waals surface area contributed by atoms with Gasteiger partial charge in [-0.3, -0.25) is 0 Å². The maximum Gasteiger partial charge on any atom is 0.0409 e. The molecular formula is C15H25ClN2. The summed E-state index contributed by atoms with van der Waals surface area (Å²) in [5, 5.41) is 4.43. The average molecular weight is 269 g/mol. The van der Waals surface area contributed by atoms with Crippen LogP contribution in [0.5, 0.6) is 0 Å². The van der Waals surface area contributed by atoms with E-state index < -0.39 is 0 Å². The third kappa shape index (κ3) is 5.85. The molecule has 0 fully saturated rings. The highest BCUT2D eigenvalue weighted by atomic mass is 35.5. The second kappa shape index (κ2) is 8.52. The first-order valence-electron chi connectivity index (χ1n) is 6.77. The lowest BCUT2D eigenvalue weighted by molar-refractivity contribution is 0.387. The number of benzene rings is 1. The van der Waals surface area contributed by atoms with E-state index in [1.165, 1.54) is 18.4 Å². The van der Waals surface area contributed by atoms with Gasteiger partial charge in [0.1, 0.15) is 0 Å². The Balaban J connectivity index is 2.34. The van der Waals surface area contributed by atoms with Gasteiger partial charge < -0.3 is 10.2 Å². The van der Waals surface area contributed by atoms with Crippen molar-refractivity contribution >= 4 is 11.6 Å². The summed E-state index contributed by atoms with van der Waals surface area (Å²) in [4.78, 5) is 2.23. The number of unbranched alkanes of at least 4 members (excludes halogenated alkanes) is 1. The minimum atomic E-state index is 0.419. The maximum atomic E-state index is 6.03. The van der Waals surface area contributed by atoms with E-state index in [9.17, 15) is 0 Å². The van der Waals surface area contributed by atoms with E-state index in [1.54, 1.807) is 0 Å². The van der Waals surface area contributed by atoms with Gasteiger partial charge in [-0.05, 0) is 64.1 Å².